The third-order valence-electron chi connectivity index (χ3n) is 2.85. The lowest BCUT2D eigenvalue weighted by atomic mass is 9.98. The number of nitrogens with one attached hydrogen (secondary N) is 1. The lowest BCUT2D eigenvalue weighted by molar-refractivity contribution is -0.120. The summed E-state index contributed by atoms with van der Waals surface area (Å²) in [4.78, 5) is 23.3. The average Bonchev–Trinajstić information content (AvgIpc) is 2.44. The van der Waals surface area contributed by atoms with E-state index >= 15 is 0 Å². The van der Waals surface area contributed by atoms with E-state index < -0.39 is 17.9 Å². The molecule has 0 radical (unpaired) electrons. The van der Waals surface area contributed by atoms with Crippen LogP contribution in [0.1, 0.15) is 29.3 Å². The first-order valence-corrected chi connectivity index (χ1v) is 5.97. The second-order valence-corrected chi connectivity index (χ2v) is 4.38. The highest BCUT2D eigenvalue weighted by atomic mass is 16.2. The van der Waals surface area contributed by atoms with Crippen molar-refractivity contribution in [3.05, 3.63) is 35.4 Å². The summed E-state index contributed by atoms with van der Waals surface area (Å²) in [5, 5.41) is 19.8. The first-order valence-electron chi connectivity index (χ1n) is 5.97. The van der Waals surface area contributed by atoms with E-state index in [2.05, 4.69) is 5.32 Å². The van der Waals surface area contributed by atoms with Crippen LogP contribution in [-0.2, 0) is 4.79 Å². The molecule has 0 heterocycles. The number of nitriles is 2. The number of benzene rings is 1. The number of amides is 2. The fourth-order valence-corrected chi connectivity index (χ4v) is 1.68. The van der Waals surface area contributed by atoms with Crippen molar-refractivity contribution in [2.24, 2.45) is 11.7 Å². The van der Waals surface area contributed by atoms with Gasteiger partial charge in [0, 0.05) is 12.0 Å². The Morgan fingerprint density at radius 1 is 1.30 bits per heavy atom. The van der Waals surface area contributed by atoms with E-state index in [0.29, 0.717) is 11.1 Å². The smallest absolute Gasteiger partial charge is 0.251 e. The quantitative estimate of drug-likeness (QED) is 0.817. The third kappa shape index (κ3) is 3.82. The van der Waals surface area contributed by atoms with Gasteiger partial charge in [0.1, 0.15) is 6.04 Å². The molecule has 1 aromatic rings. The van der Waals surface area contributed by atoms with Crippen molar-refractivity contribution in [1.82, 2.24) is 5.32 Å². The molecule has 2 atom stereocenters. The molecule has 0 aliphatic carbocycles. The van der Waals surface area contributed by atoms with Gasteiger partial charge in [0.15, 0.2) is 0 Å². The van der Waals surface area contributed by atoms with Gasteiger partial charge >= 0.3 is 0 Å². The normalized spacial score (nSPS) is 12.6. The predicted molar refractivity (Wildman–Crippen MR) is 71.0 cm³/mol. The molecule has 6 heteroatoms. The van der Waals surface area contributed by atoms with Crippen molar-refractivity contribution in [2.75, 3.05) is 0 Å². The summed E-state index contributed by atoms with van der Waals surface area (Å²) in [7, 11) is 0. The highest BCUT2D eigenvalue weighted by molar-refractivity contribution is 5.97. The van der Waals surface area contributed by atoms with Crippen LogP contribution in [0.3, 0.4) is 0 Å². The van der Waals surface area contributed by atoms with Crippen molar-refractivity contribution >= 4 is 11.8 Å². The second kappa shape index (κ2) is 6.91. The lowest BCUT2D eigenvalue weighted by Crippen LogP contribution is -2.48. The van der Waals surface area contributed by atoms with Gasteiger partial charge in [0.25, 0.3) is 5.91 Å². The van der Waals surface area contributed by atoms with Crippen LogP contribution in [0.15, 0.2) is 24.3 Å². The van der Waals surface area contributed by atoms with Gasteiger partial charge in [-0.3, -0.25) is 9.59 Å². The fourth-order valence-electron chi connectivity index (χ4n) is 1.68. The minimum Gasteiger partial charge on any atom is -0.368 e. The molecule has 0 aliphatic heterocycles. The van der Waals surface area contributed by atoms with Gasteiger partial charge in [-0.1, -0.05) is 6.92 Å². The first kappa shape index (κ1) is 15.2. The summed E-state index contributed by atoms with van der Waals surface area (Å²) >= 11 is 0. The molecule has 1 aromatic carbocycles. The van der Waals surface area contributed by atoms with E-state index in [1.807, 2.05) is 12.1 Å². The predicted octanol–water partition coefficient (Wildman–Crippen LogP) is 0.692. The zero-order chi connectivity index (χ0) is 15.1. The van der Waals surface area contributed by atoms with Gasteiger partial charge < -0.3 is 11.1 Å². The van der Waals surface area contributed by atoms with E-state index in [1.54, 1.807) is 6.92 Å². The zero-order valence-corrected chi connectivity index (χ0v) is 11.0. The van der Waals surface area contributed by atoms with Crippen LogP contribution in [0.25, 0.3) is 0 Å². The number of nitrogens with two attached hydrogens (primary N) is 1. The largest absolute Gasteiger partial charge is 0.368 e. The fraction of sp³-hybridized carbons (Fsp3) is 0.286. The van der Waals surface area contributed by atoms with E-state index in [1.165, 1.54) is 24.3 Å². The molecule has 102 valence electrons. The Hall–Kier alpha value is -2.86. The van der Waals surface area contributed by atoms with Crippen LogP contribution in [-0.4, -0.2) is 17.9 Å². The number of hydrogen-bond acceptors (Lipinski definition) is 4. The molecule has 1 rings (SSSR count). The van der Waals surface area contributed by atoms with Gasteiger partial charge in [-0.05, 0) is 30.2 Å². The van der Waals surface area contributed by atoms with Crippen molar-refractivity contribution < 1.29 is 9.59 Å². The van der Waals surface area contributed by atoms with Crippen LogP contribution in [0.2, 0.25) is 0 Å². The maximum absolute atomic E-state index is 12.0. The number of carbonyl (C=O) groups is 2. The standard InChI is InChI=1S/C14H14N4O2/c1-9(6-7-15)12(13(17)19)18-14(20)11-4-2-10(8-16)3-5-11/h2-5,9,12H,6H2,1H3,(H2,17,19)(H,18,20)/t9-,12+/m1/s1. The molecule has 0 fully saturated rings. The SMILES string of the molecule is C[C@H](CC#N)[C@H](NC(=O)c1ccc(C#N)cc1)C(N)=O. The number of nitrogens with zero attached hydrogens (tertiary/aromatic N) is 2. The Balaban J connectivity index is 2.83. The summed E-state index contributed by atoms with van der Waals surface area (Å²) in [6.07, 6.45) is 0.112. The van der Waals surface area contributed by atoms with Crippen molar-refractivity contribution in [2.45, 2.75) is 19.4 Å². The third-order valence-corrected chi connectivity index (χ3v) is 2.85. The summed E-state index contributed by atoms with van der Waals surface area (Å²) in [6, 6.07) is 8.96. The van der Waals surface area contributed by atoms with Gasteiger partial charge in [0.05, 0.1) is 17.7 Å². The molecule has 3 N–H and O–H groups in total. The lowest BCUT2D eigenvalue weighted by Gasteiger charge is -2.20. The molecule has 0 saturated carbocycles. The molecule has 6 nitrogen and oxygen atoms in total. The molecule has 20 heavy (non-hydrogen) atoms. The maximum Gasteiger partial charge on any atom is 0.251 e. The van der Waals surface area contributed by atoms with Crippen LogP contribution in [0, 0.1) is 28.6 Å². The summed E-state index contributed by atoms with van der Waals surface area (Å²) in [5.74, 6) is -1.53. The highest BCUT2D eigenvalue weighted by Gasteiger charge is 2.25. The van der Waals surface area contributed by atoms with Gasteiger partial charge in [-0.2, -0.15) is 10.5 Å². The molecule has 2 amide bonds. The van der Waals surface area contributed by atoms with E-state index in [9.17, 15) is 9.59 Å². The van der Waals surface area contributed by atoms with Crippen LogP contribution >= 0.6 is 0 Å². The van der Waals surface area contributed by atoms with E-state index in [0.717, 1.165) is 0 Å². The van der Waals surface area contributed by atoms with Crippen LogP contribution in [0.4, 0.5) is 0 Å². The summed E-state index contributed by atoms with van der Waals surface area (Å²) < 4.78 is 0. The van der Waals surface area contributed by atoms with Crippen molar-refractivity contribution in [1.29, 1.82) is 10.5 Å². The number of hydrogen-bond donors (Lipinski definition) is 2. The summed E-state index contributed by atoms with van der Waals surface area (Å²) in [5.41, 5.74) is 5.99. The van der Waals surface area contributed by atoms with Crippen LogP contribution < -0.4 is 11.1 Å². The topological polar surface area (TPSA) is 120 Å². The van der Waals surface area contributed by atoms with Crippen LogP contribution in [0.5, 0.6) is 0 Å². The van der Waals surface area contributed by atoms with Gasteiger partial charge in [-0.15, -0.1) is 0 Å². The van der Waals surface area contributed by atoms with E-state index in [4.69, 9.17) is 16.3 Å². The molecule has 0 unspecified atom stereocenters. The average molecular weight is 270 g/mol. The molecular formula is C14H14N4O2. The van der Waals surface area contributed by atoms with Crippen molar-refractivity contribution in [3.63, 3.8) is 0 Å². The minimum absolute atomic E-state index is 0.112. The number of carbonyl (C=O) groups excluding carboxylic acids is 2. The Morgan fingerprint density at radius 2 is 1.90 bits per heavy atom. The van der Waals surface area contributed by atoms with Gasteiger partial charge in [0.2, 0.25) is 5.91 Å². The number of primary amides is 1. The van der Waals surface area contributed by atoms with Crippen molar-refractivity contribution in [3.8, 4) is 12.1 Å². The Morgan fingerprint density at radius 3 is 2.35 bits per heavy atom. The van der Waals surface area contributed by atoms with Gasteiger partial charge in [-0.25, -0.2) is 0 Å². The zero-order valence-electron chi connectivity index (χ0n) is 11.0. The molecule has 0 spiro atoms. The Bertz CT molecular complexity index is 581. The molecule has 0 saturated heterocycles. The monoisotopic (exact) mass is 270 g/mol. The molecular weight excluding hydrogens is 256 g/mol. The molecule has 0 aliphatic rings. The highest BCUT2D eigenvalue weighted by Crippen LogP contribution is 2.09. The summed E-state index contributed by atoms with van der Waals surface area (Å²) in [6.45, 7) is 1.66. The Kier molecular flexibility index (Phi) is 5.25. The first-order chi connectivity index (χ1) is 9.49. The Labute approximate surface area is 116 Å². The second-order valence-electron chi connectivity index (χ2n) is 4.38. The molecule has 0 aromatic heterocycles. The molecule has 0 bridgehead atoms. The minimum atomic E-state index is -0.905. The maximum atomic E-state index is 12.0. The van der Waals surface area contributed by atoms with E-state index in [-0.39, 0.29) is 12.3 Å². The number of rotatable bonds is 5.